The number of rotatable bonds is 3. The Kier molecular flexibility index (Phi) is 4.07. The third kappa shape index (κ3) is 2.68. The molecule has 1 aromatic rings. The van der Waals surface area contributed by atoms with E-state index in [-0.39, 0.29) is 0 Å². The molecule has 4 heteroatoms. The summed E-state index contributed by atoms with van der Waals surface area (Å²) in [5.74, 6) is 2.29. The molecule has 1 aliphatic rings. The van der Waals surface area contributed by atoms with Crippen LogP contribution >= 0.6 is 11.8 Å². The van der Waals surface area contributed by atoms with Gasteiger partial charge in [-0.15, -0.1) is 0 Å². The molecule has 1 aromatic heterocycles. The van der Waals surface area contributed by atoms with Crippen LogP contribution in [-0.4, -0.2) is 29.1 Å². The van der Waals surface area contributed by atoms with Gasteiger partial charge in [-0.3, -0.25) is 0 Å². The van der Waals surface area contributed by atoms with E-state index in [1.165, 1.54) is 12.2 Å². The van der Waals surface area contributed by atoms with E-state index in [2.05, 4.69) is 34.6 Å². The van der Waals surface area contributed by atoms with Crippen LogP contribution in [0.5, 0.6) is 0 Å². The zero-order valence-electron chi connectivity index (χ0n) is 9.72. The quantitative estimate of drug-likeness (QED) is 0.871. The van der Waals surface area contributed by atoms with Crippen LogP contribution in [0.1, 0.15) is 19.0 Å². The first-order chi connectivity index (χ1) is 7.83. The largest absolute Gasteiger partial charge is 0.355 e. The first-order valence-corrected chi connectivity index (χ1v) is 6.91. The van der Waals surface area contributed by atoms with E-state index < -0.39 is 0 Å². The van der Waals surface area contributed by atoms with Crippen LogP contribution in [0.2, 0.25) is 0 Å². The second kappa shape index (κ2) is 5.55. The van der Waals surface area contributed by atoms with Crippen molar-refractivity contribution in [2.75, 3.05) is 23.7 Å². The van der Waals surface area contributed by atoms with Crippen LogP contribution in [0, 0.1) is 0 Å². The fourth-order valence-electron chi connectivity index (χ4n) is 1.93. The molecule has 2 rings (SSSR count). The first-order valence-electron chi connectivity index (χ1n) is 5.86. The normalized spacial score (nSPS) is 21.1. The highest BCUT2D eigenvalue weighted by Crippen LogP contribution is 2.24. The van der Waals surface area contributed by atoms with Gasteiger partial charge in [-0.25, -0.2) is 4.98 Å². The molecule has 0 bridgehead atoms. The minimum atomic E-state index is 0.521. The third-order valence-electron chi connectivity index (χ3n) is 2.92. The Morgan fingerprint density at radius 3 is 3.19 bits per heavy atom. The maximum absolute atomic E-state index is 5.62. The molecule has 2 N–H and O–H groups in total. The van der Waals surface area contributed by atoms with Crippen molar-refractivity contribution in [3.05, 3.63) is 23.9 Å². The molecule has 16 heavy (non-hydrogen) atoms. The summed E-state index contributed by atoms with van der Waals surface area (Å²) in [6.45, 7) is 4.99. The second-order valence-electron chi connectivity index (χ2n) is 4.04. The standard InChI is InChI=1S/C12H19N3S/c1-2-11-9-15(6-7-16-11)12-5-3-4-10(8-13)14-12/h3-5,11H,2,6-9,13H2,1H3. The van der Waals surface area contributed by atoms with Crippen LogP contribution < -0.4 is 10.6 Å². The summed E-state index contributed by atoms with van der Waals surface area (Å²) in [5.41, 5.74) is 6.59. The second-order valence-corrected chi connectivity index (χ2v) is 5.45. The van der Waals surface area contributed by atoms with Gasteiger partial charge in [0.1, 0.15) is 5.82 Å². The van der Waals surface area contributed by atoms with Crippen LogP contribution in [-0.2, 0) is 6.54 Å². The molecule has 88 valence electrons. The molecule has 0 spiro atoms. The SMILES string of the molecule is CCC1CN(c2cccc(CN)n2)CCS1. The molecule has 0 amide bonds. The lowest BCUT2D eigenvalue weighted by Crippen LogP contribution is -2.38. The van der Waals surface area contributed by atoms with Gasteiger partial charge in [0.2, 0.25) is 0 Å². The Balaban J connectivity index is 2.10. The number of aromatic nitrogens is 1. The monoisotopic (exact) mass is 237 g/mol. The lowest BCUT2D eigenvalue weighted by Gasteiger charge is -2.32. The predicted molar refractivity (Wildman–Crippen MR) is 70.9 cm³/mol. The molecular weight excluding hydrogens is 218 g/mol. The fraction of sp³-hybridized carbons (Fsp3) is 0.583. The van der Waals surface area contributed by atoms with Crippen molar-refractivity contribution in [3.8, 4) is 0 Å². The van der Waals surface area contributed by atoms with E-state index in [4.69, 9.17) is 5.73 Å². The van der Waals surface area contributed by atoms with Gasteiger partial charge < -0.3 is 10.6 Å². The van der Waals surface area contributed by atoms with Crippen molar-refractivity contribution in [1.82, 2.24) is 4.98 Å². The summed E-state index contributed by atoms with van der Waals surface area (Å²) >= 11 is 2.08. The van der Waals surface area contributed by atoms with Crippen LogP contribution in [0.4, 0.5) is 5.82 Å². The average molecular weight is 237 g/mol. The van der Waals surface area contributed by atoms with Crippen LogP contribution in [0.25, 0.3) is 0 Å². The highest BCUT2D eigenvalue weighted by atomic mass is 32.2. The smallest absolute Gasteiger partial charge is 0.128 e. The number of thioether (sulfide) groups is 1. The molecule has 0 radical (unpaired) electrons. The van der Waals surface area contributed by atoms with E-state index in [0.717, 1.165) is 29.9 Å². The lowest BCUT2D eigenvalue weighted by molar-refractivity contribution is 0.717. The van der Waals surface area contributed by atoms with Crippen molar-refractivity contribution in [2.24, 2.45) is 5.73 Å². The molecule has 1 atom stereocenters. The Labute approximate surface area is 101 Å². The number of hydrogen-bond acceptors (Lipinski definition) is 4. The summed E-state index contributed by atoms with van der Waals surface area (Å²) in [6.07, 6.45) is 1.23. The predicted octanol–water partition coefficient (Wildman–Crippen LogP) is 1.87. The topological polar surface area (TPSA) is 42.1 Å². The highest BCUT2D eigenvalue weighted by Gasteiger charge is 2.19. The van der Waals surface area contributed by atoms with Crippen LogP contribution in [0.15, 0.2) is 18.2 Å². The minimum absolute atomic E-state index is 0.521. The number of nitrogens with zero attached hydrogens (tertiary/aromatic N) is 2. The maximum Gasteiger partial charge on any atom is 0.128 e. The Hall–Kier alpha value is -0.740. The number of anilines is 1. The van der Waals surface area contributed by atoms with Gasteiger partial charge in [0, 0.05) is 30.6 Å². The molecule has 1 aliphatic heterocycles. The summed E-state index contributed by atoms with van der Waals surface area (Å²) in [7, 11) is 0. The number of nitrogens with two attached hydrogens (primary N) is 1. The van der Waals surface area contributed by atoms with Gasteiger partial charge in [-0.1, -0.05) is 13.0 Å². The molecule has 1 saturated heterocycles. The van der Waals surface area contributed by atoms with Gasteiger partial charge in [-0.2, -0.15) is 11.8 Å². The summed E-state index contributed by atoms with van der Waals surface area (Å²) in [5, 5.41) is 0.747. The van der Waals surface area contributed by atoms with E-state index in [0.29, 0.717) is 6.54 Å². The highest BCUT2D eigenvalue weighted by molar-refractivity contribution is 8.00. The van der Waals surface area contributed by atoms with Crippen LogP contribution in [0.3, 0.4) is 0 Å². The molecular formula is C12H19N3S. The Morgan fingerprint density at radius 2 is 2.44 bits per heavy atom. The van der Waals surface area contributed by atoms with E-state index in [1.54, 1.807) is 0 Å². The summed E-state index contributed by atoms with van der Waals surface area (Å²) in [6, 6.07) is 6.12. The van der Waals surface area contributed by atoms with Gasteiger partial charge in [0.25, 0.3) is 0 Å². The first kappa shape index (κ1) is 11.7. The van der Waals surface area contributed by atoms with Gasteiger partial charge in [0.15, 0.2) is 0 Å². The van der Waals surface area contributed by atoms with Gasteiger partial charge in [0.05, 0.1) is 5.69 Å². The van der Waals surface area contributed by atoms with Crippen molar-refractivity contribution in [3.63, 3.8) is 0 Å². The van der Waals surface area contributed by atoms with Crippen molar-refractivity contribution < 1.29 is 0 Å². The van der Waals surface area contributed by atoms with E-state index >= 15 is 0 Å². The fourth-order valence-corrected chi connectivity index (χ4v) is 3.11. The molecule has 3 nitrogen and oxygen atoms in total. The summed E-state index contributed by atoms with van der Waals surface area (Å²) < 4.78 is 0. The summed E-state index contributed by atoms with van der Waals surface area (Å²) in [4.78, 5) is 6.95. The molecule has 2 heterocycles. The zero-order chi connectivity index (χ0) is 11.4. The number of pyridine rings is 1. The molecule has 1 unspecified atom stereocenters. The van der Waals surface area contributed by atoms with Gasteiger partial charge in [-0.05, 0) is 18.6 Å². The molecule has 1 fully saturated rings. The van der Waals surface area contributed by atoms with E-state index in [1.807, 2.05) is 12.1 Å². The van der Waals surface area contributed by atoms with Gasteiger partial charge >= 0.3 is 0 Å². The molecule has 0 aliphatic carbocycles. The lowest BCUT2D eigenvalue weighted by atomic mass is 10.2. The Bertz CT molecular complexity index is 343. The molecule has 0 saturated carbocycles. The average Bonchev–Trinajstić information content (AvgIpc) is 2.39. The minimum Gasteiger partial charge on any atom is -0.355 e. The van der Waals surface area contributed by atoms with Crippen molar-refractivity contribution in [1.29, 1.82) is 0 Å². The number of hydrogen-bond donors (Lipinski definition) is 1. The zero-order valence-corrected chi connectivity index (χ0v) is 10.5. The molecule has 0 aromatic carbocycles. The van der Waals surface area contributed by atoms with Crippen molar-refractivity contribution in [2.45, 2.75) is 25.1 Å². The van der Waals surface area contributed by atoms with Crippen molar-refractivity contribution >= 4 is 17.6 Å². The maximum atomic E-state index is 5.62. The third-order valence-corrected chi connectivity index (χ3v) is 4.29. The Morgan fingerprint density at radius 1 is 1.56 bits per heavy atom. The van der Waals surface area contributed by atoms with E-state index in [9.17, 15) is 0 Å².